The second-order valence-corrected chi connectivity index (χ2v) is 6.75. The van der Waals surface area contributed by atoms with E-state index in [0.717, 1.165) is 5.56 Å². The average molecular weight is 429 g/mol. The molecular weight excluding hydrogens is 404 g/mol. The first-order valence-corrected chi connectivity index (χ1v) is 9.77. The molecule has 0 fully saturated rings. The van der Waals surface area contributed by atoms with Crippen LogP contribution in [0.25, 0.3) is 0 Å². The molecule has 0 saturated carbocycles. The molecule has 0 atom stereocenters. The maximum absolute atomic E-state index is 12.3. The Labute approximate surface area is 180 Å². The second kappa shape index (κ2) is 11.5. The first kappa shape index (κ1) is 22.8. The summed E-state index contributed by atoms with van der Waals surface area (Å²) in [5.41, 5.74) is 7.85. The van der Waals surface area contributed by atoms with Crippen molar-refractivity contribution >= 4 is 46.5 Å². The average Bonchev–Trinajstić information content (AvgIpc) is 2.71. The number of esters is 1. The normalized spacial score (nSPS) is 10.0. The van der Waals surface area contributed by atoms with Crippen LogP contribution in [-0.4, -0.2) is 36.0 Å². The number of ether oxygens (including phenoxy) is 1. The first-order chi connectivity index (χ1) is 14.4. The van der Waals surface area contributed by atoms with E-state index >= 15 is 0 Å². The molecule has 2 rings (SSSR count). The Morgan fingerprint density at radius 2 is 1.73 bits per heavy atom. The van der Waals surface area contributed by atoms with Gasteiger partial charge in [0.15, 0.2) is 5.11 Å². The number of rotatable bonds is 9. The van der Waals surface area contributed by atoms with Crippen molar-refractivity contribution in [1.82, 2.24) is 5.32 Å². The van der Waals surface area contributed by atoms with Crippen molar-refractivity contribution in [2.45, 2.75) is 19.8 Å². The molecule has 2 aromatic carbocycles. The van der Waals surface area contributed by atoms with E-state index in [9.17, 15) is 14.4 Å². The van der Waals surface area contributed by atoms with Crippen LogP contribution in [0.3, 0.4) is 0 Å². The van der Waals surface area contributed by atoms with Crippen molar-refractivity contribution in [3.8, 4) is 0 Å². The van der Waals surface area contributed by atoms with E-state index in [0.29, 0.717) is 30.0 Å². The summed E-state index contributed by atoms with van der Waals surface area (Å²) < 4.78 is 4.91. The molecule has 0 aliphatic rings. The molecule has 8 nitrogen and oxygen atoms in total. The minimum atomic E-state index is -0.403. The summed E-state index contributed by atoms with van der Waals surface area (Å²) in [6.07, 6.45) is 0.778. The number of carbonyl (C=O) groups excluding carboxylic acids is 3. The van der Waals surface area contributed by atoms with Gasteiger partial charge in [0.2, 0.25) is 5.91 Å². The monoisotopic (exact) mass is 428 g/mol. The van der Waals surface area contributed by atoms with Crippen molar-refractivity contribution in [1.29, 1.82) is 0 Å². The summed E-state index contributed by atoms with van der Waals surface area (Å²) in [5.74, 6) is -1.04. The predicted octanol–water partition coefficient (Wildman–Crippen LogP) is 2.21. The Balaban J connectivity index is 1.86. The standard InChI is InChI=1S/C21H24N4O4S/c1-2-29-19(27)10-9-14-5-3-7-16(11-14)24-18(26)13-23-20(28)15-6-4-8-17(12-15)25-21(22)30/h3-8,11-12H,2,9-10,13H2,1H3,(H,23,28)(H,24,26)(H3,22,25,30). The molecule has 0 spiro atoms. The summed E-state index contributed by atoms with van der Waals surface area (Å²) in [4.78, 5) is 35.9. The molecule has 9 heteroatoms. The fourth-order valence-electron chi connectivity index (χ4n) is 2.63. The molecule has 0 heterocycles. The summed E-state index contributed by atoms with van der Waals surface area (Å²) in [5, 5.41) is 8.13. The number of anilines is 2. The Morgan fingerprint density at radius 1 is 1.03 bits per heavy atom. The largest absolute Gasteiger partial charge is 0.466 e. The maximum Gasteiger partial charge on any atom is 0.306 e. The van der Waals surface area contributed by atoms with Crippen LogP contribution in [0.2, 0.25) is 0 Å². The van der Waals surface area contributed by atoms with Gasteiger partial charge in [-0.2, -0.15) is 0 Å². The van der Waals surface area contributed by atoms with Crippen LogP contribution in [0.1, 0.15) is 29.3 Å². The smallest absolute Gasteiger partial charge is 0.306 e. The lowest BCUT2D eigenvalue weighted by atomic mass is 10.1. The maximum atomic E-state index is 12.3. The van der Waals surface area contributed by atoms with Gasteiger partial charge in [0.1, 0.15) is 0 Å². The van der Waals surface area contributed by atoms with Crippen molar-refractivity contribution in [3.63, 3.8) is 0 Å². The van der Waals surface area contributed by atoms with Crippen LogP contribution < -0.4 is 21.7 Å². The Morgan fingerprint density at radius 3 is 2.43 bits per heavy atom. The van der Waals surface area contributed by atoms with Crippen molar-refractivity contribution in [2.24, 2.45) is 5.73 Å². The van der Waals surface area contributed by atoms with Gasteiger partial charge in [0, 0.05) is 23.4 Å². The molecule has 0 aliphatic carbocycles. The number of carbonyl (C=O) groups is 3. The number of aryl methyl sites for hydroxylation is 1. The van der Waals surface area contributed by atoms with Crippen molar-refractivity contribution < 1.29 is 19.1 Å². The van der Waals surface area contributed by atoms with Gasteiger partial charge < -0.3 is 26.4 Å². The zero-order valence-corrected chi connectivity index (χ0v) is 17.4. The first-order valence-electron chi connectivity index (χ1n) is 9.36. The van der Waals surface area contributed by atoms with E-state index in [4.69, 9.17) is 22.7 Å². The number of nitrogens with two attached hydrogens (primary N) is 1. The van der Waals surface area contributed by atoms with Gasteiger partial charge in [-0.15, -0.1) is 0 Å². The molecule has 30 heavy (non-hydrogen) atoms. The Bertz CT molecular complexity index is 933. The minimum Gasteiger partial charge on any atom is -0.466 e. The second-order valence-electron chi connectivity index (χ2n) is 6.31. The van der Waals surface area contributed by atoms with Gasteiger partial charge >= 0.3 is 5.97 Å². The van der Waals surface area contributed by atoms with Crippen LogP contribution in [0, 0.1) is 0 Å². The number of nitrogens with one attached hydrogen (secondary N) is 3. The molecule has 0 bridgehead atoms. The highest BCUT2D eigenvalue weighted by molar-refractivity contribution is 7.80. The number of hydrogen-bond acceptors (Lipinski definition) is 5. The number of thiocarbonyl (C=S) groups is 1. The predicted molar refractivity (Wildman–Crippen MR) is 119 cm³/mol. The molecule has 0 aromatic heterocycles. The highest BCUT2D eigenvalue weighted by atomic mass is 32.1. The SMILES string of the molecule is CCOC(=O)CCc1cccc(NC(=O)CNC(=O)c2cccc(NC(N)=S)c2)c1. The summed E-state index contributed by atoms with van der Waals surface area (Å²) >= 11 is 4.77. The van der Waals surface area contributed by atoms with E-state index in [1.807, 2.05) is 6.07 Å². The van der Waals surface area contributed by atoms with E-state index in [1.165, 1.54) is 0 Å². The third-order valence-electron chi connectivity index (χ3n) is 3.94. The summed E-state index contributed by atoms with van der Waals surface area (Å²) in [6.45, 7) is 1.91. The third kappa shape index (κ3) is 7.88. The lowest BCUT2D eigenvalue weighted by Gasteiger charge is -2.10. The molecule has 0 aliphatic heterocycles. The van der Waals surface area contributed by atoms with E-state index in [1.54, 1.807) is 49.4 Å². The van der Waals surface area contributed by atoms with Gasteiger partial charge in [0.05, 0.1) is 13.2 Å². The van der Waals surface area contributed by atoms with E-state index in [-0.39, 0.29) is 30.0 Å². The fraction of sp³-hybridized carbons (Fsp3) is 0.238. The lowest BCUT2D eigenvalue weighted by Crippen LogP contribution is -2.33. The Kier molecular flexibility index (Phi) is 8.76. The van der Waals surface area contributed by atoms with Gasteiger partial charge in [0.25, 0.3) is 5.91 Å². The fourth-order valence-corrected chi connectivity index (χ4v) is 2.75. The zero-order chi connectivity index (χ0) is 21.9. The van der Waals surface area contributed by atoms with Crippen LogP contribution in [0.4, 0.5) is 11.4 Å². The highest BCUT2D eigenvalue weighted by Gasteiger charge is 2.10. The van der Waals surface area contributed by atoms with Crippen molar-refractivity contribution in [2.75, 3.05) is 23.8 Å². The quantitative estimate of drug-likeness (QED) is 0.357. The van der Waals surface area contributed by atoms with Gasteiger partial charge in [-0.25, -0.2) is 0 Å². The molecule has 5 N–H and O–H groups in total. The molecule has 0 unspecified atom stereocenters. The minimum absolute atomic E-state index is 0.0939. The van der Waals surface area contributed by atoms with Crippen molar-refractivity contribution in [3.05, 3.63) is 59.7 Å². The summed E-state index contributed by atoms with van der Waals surface area (Å²) in [6, 6.07) is 13.8. The number of hydrogen-bond donors (Lipinski definition) is 4. The van der Waals surface area contributed by atoms with Crippen LogP contribution in [0.15, 0.2) is 48.5 Å². The lowest BCUT2D eigenvalue weighted by molar-refractivity contribution is -0.143. The van der Waals surface area contributed by atoms with Crippen LogP contribution in [0.5, 0.6) is 0 Å². The Hall–Kier alpha value is -3.46. The van der Waals surface area contributed by atoms with Crippen LogP contribution >= 0.6 is 12.2 Å². The van der Waals surface area contributed by atoms with Gasteiger partial charge in [-0.3, -0.25) is 14.4 Å². The van der Waals surface area contributed by atoms with Gasteiger partial charge in [-0.05, 0) is 61.5 Å². The molecular formula is C21H24N4O4S. The molecule has 0 radical (unpaired) electrons. The third-order valence-corrected chi connectivity index (χ3v) is 4.04. The number of benzene rings is 2. The van der Waals surface area contributed by atoms with E-state index in [2.05, 4.69) is 16.0 Å². The molecule has 0 saturated heterocycles. The van der Waals surface area contributed by atoms with Crippen LogP contribution in [-0.2, 0) is 20.7 Å². The molecule has 2 amide bonds. The topological polar surface area (TPSA) is 123 Å². The van der Waals surface area contributed by atoms with E-state index < -0.39 is 5.91 Å². The number of amides is 2. The highest BCUT2D eigenvalue weighted by Crippen LogP contribution is 2.13. The van der Waals surface area contributed by atoms with Gasteiger partial charge in [-0.1, -0.05) is 18.2 Å². The summed E-state index contributed by atoms with van der Waals surface area (Å²) in [7, 11) is 0. The molecule has 158 valence electrons. The zero-order valence-electron chi connectivity index (χ0n) is 16.6. The molecule has 2 aromatic rings.